The normalized spacial score (nSPS) is 12.1. The SMILES string of the molecule is Cc1cc(N)c(S(=O)(=O)NCCC(C)C)cc1C. The molecule has 0 spiro atoms. The number of nitrogen functional groups attached to an aromatic ring is 1. The highest BCUT2D eigenvalue weighted by Crippen LogP contribution is 2.22. The third-order valence-corrected chi connectivity index (χ3v) is 4.45. The van der Waals surface area contributed by atoms with Crippen LogP contribution in [0.5, 0.6) is 0 Å². The minimum absolute atomic E-state index is 0.175. The van der Waals surface area contributed by atoms with Crippen LogP contribution in [-0.4, -0.2) is 15.0 Å². The van der Waals surface area contributed by atoms with Gasteiger partial charge in [-0.15, -0.1) is 0 Å². The van der Waals surface area contributed by atoms with E-state index in [0.29, 0.717) is 18.2 Å². The number of nitrogens with one attached hydrogen (secondary N) is 1. The van der Waals surface area contributed by atoms with Crippen molar-refractivity contribution in [1.82, 2.24) is 4.72 Å². The van der Waals surface area contributed by atoms with Gasteiger partial charge >= 0.3 is 0 Å². The van der Waals surface area contributed by atoms with Gasteiger partial charge in [-0.3, -0.25) is 0 Å². The number of sulfonamides is 1. The Morgan fingerprint density at radius 3 is 2.33 bits per heavy atom. The molecule has 0 aliphatic carbocycles. The summed E-state index contributed by atoms with van der Waals surface area (Å²) in [5, 5.41) is 0. The third kappa shape index (κ3) is 3.71. The fourth-order valence-electron chi connectivity index (χ4n) is 1.60. The van der Waals surface area contributed by atoms with Gasteiger partial charge in [0.2, 0.25) is 10.0 Å². The van der Waals surface area contributed by atoms with E-state index in [0.717, 1.165) is 17.5 Å². The van der Waals surface area contributed by atoms with Gasteiger partial charge < -0.3 is 5.73 Å². The molecule has 0 amide bonds. The van der Waals surface area contributed by atoms with Gasteiger partial charge in [0.25, 0.3) is 0 Å². The van der Waals surface area contributed by atoms with Crippen molar-refractivity contribution < 1.29 is 8.42 Å². The Hall–Kier alpha value is -1.07. The van der Waals surface area contributed by atoms with Gasteiger partial charge in [-0.1, -0.05) is 13.8 Å². The van der Waals surface area contributed by atoms with Crippen LogP contribution in [0.2, 0.25) is 0 Å². The van der Waals surface area contributed by atoms with E-state index in [1.54, 1.807) is 12.1 Å². The average molecular weight is 270 g/mol. The Balaban J connectivity index is 2.95. The predicted octanol–water partition coefficient (Wildman–Crippen LogP) is 2.21. The van der Waals surface area contributed by atoms with Crippen molar-refractivity contribution in [3.63, 3.8) is 0 Å². The highest BCUT2D eigenvalue weighted by Gasteiger charge is 2.17. The molecule has 0 aliphatic heterocycles. The van der Waals surface area contributed by atoms with Crippen LogP contribution in [-0.2, 0) is 10.0 Å². The summed E-state index contributed by atoms with van der Waals surface area (Å²) in [7, 11) is -3.50. The third-order valence-electron chi connectivity index (χ3n) is 2.93. The standard InChI is InChI=1S/C13H22N2O2S/c1-9(2)5-6-15-18(16,17)13-8-11(4)10(3)7-12(13)14/h7-9,15H,5-6,14H2,1-4H3. The van der Waals surface area contributed by atoms with Crippen molar-refractivity contribution >= 4 is 15.7 Å². The minimum Gasteiger partial charge on any atom is -0.398 e. The van der Waals surface area contributed by atoms with Gasteiger partial charge in [0.1, 0.15) is 4.90 Å². The molecule has 0 radical (unpaired) electrons. The van der Waals surface area contributed by atoms with Crippen molar-refractivity contribution in [2.24, 2.45) is 5.92 Å². The maximum absolute atomic E-state index is 12.1. The minimum atomic E-state index is -3.50. The van der Waals surface area contributed by atoms with Crippen LogP contribution in [0, 0.1) is 19.8 Å². The molecule has 5 heteroatoms. The number of rotatable bonds is 5. The highest BCUT2D eigenvalue weighted by atomic mass is 32.2. The summed E-state index contributed by atoms with van der Waals surface area (Å²) in [5.74, 6) is 0.463. The molecular weight excluding hydrogens is 248 g/mol. The van der Waals surface area contributed by atoms with Gasteiger partial charge in [0, 0.05) is 6.54 Å². The molecule has 0 saturated heterocycles. The van der Waals surface area contributed by atoms with E-state index >= 15 is 0 Å². The van der Waals surface area contributed by atoms with Gasteiger partial charge in [-0.05, 0) is 49.4 Å². The van der Waals surface area contributed by atoms with Gasteiger partial charge in [0.05, 0.1) is 5.69 Å². The average Bonchev–Trinajstić information content (AvgIpc) is 2.22. The molecule has 4 nitrogen and oxygen atoms in total. The lowest BCUT2D eigenvalue weighted by atomic mass is 10.1. The van der Waals surface area contributed by atoms with Crippen LogP contribution in [0.25, 0.3) is 0 Å². The molecular formula is C13H22N2O2S. The maximum atomic E-state index is 12.1. The number of nitrogens with two attached hydrogens (primary N) is 1. The first kappa shape index (κ1) is 15.0. The first-order chi connectivity index (χ1) is 8.24. The zero-order valence-electron chi connectivity index (χ0n) is 11.4. The van der Waals surface area contributed by atoms with E-state index in [-0.39, 0.29) is 4.90 Å². The second-order valence-corrected chi connectivity index (χ2v) is 6.79. The van der Waals surface area contributed by atoms with Gasteiger partial charge in [-0.2, -0.15) is 0 Å². The van der Waals surface area contributed by atoms with Crippen LogP contribution < -0.4 is 10.5 Å². The van der Waals surface area contributed by atoms with E-state index in [4.69, 9.17) is 5.73 Å². The first-order valence-electron chi connectivity index (χ1n) is 6.10. The monoisotopic (exact) mass is 270 g/mol. The Morgan fingerprint density at radius 2 is 1.78 bits per heavy atom. The number of anilines is 1. The topological polar surface area (TPSA) is 72.2 Å². The Labute approximate surface area is 110 Å². The largest absolute Gasteiger partial charge is 0.398 e. The molecule has 0 saturated carbocycles. The summed E-state index contributed by atoms with van der Waals surface area (Å²) in [5.41, 5.74) is 8.01. The summed E-state index contributed by atoms with van der Waals surface area (Å²) in [6.07, 6.45) is 0.810. The zero-order chi connectivity index (χ0) is 13.9. The molecule has 3 N–H and O–H groups in total. The van der Waals surface area contributed by atoms with Gasteiger partial charge in [0.15, 0.2) is 0 Å². The number of benzene rings is 1. The van der Waals surface area contributed by atoms with E-state index in [1.165, 1.54) is 0 Å². The van der Waals surface area contributed by atoms with Crippen molar-refractivity contribution in [2.45, 2.75) is 39.0 Å². The Bertz CT molecular complexity index is 522. The number of hydrogen-bond acceptors (Lipinski definition) is 3. The maximum Gasteiger partial charge on any atom is 0.242 e. The van der Waals surface area contributed by atoms with Crippen LogP contribution in [0.3, 0.4) is 0 Å². The molecule has 102 valence electrons. The van der Waals surface area contributed by atoms with Crippen LogP contribution in [0.15, 0.2) is 17.0 Å². The van der Waals surface area contributed by atoms with E-state index < -0.39 is 10.0 Å². The van der Waals surface area contributed by atoms with E-state index in [1.807, 2.05) is 13.8 Å². The van der Waals surface area contributed by atoms with Crippen LogP contribution >= 0.6 is 0 Å². The van der Waals surface area contributed by atoms with Crippen LogP contribution in [0.4, 0.5) is 5.69 Å². The number of hydrogen-bond donors (Lipinski definition) is 2. The molecule has 0 aromatic heterocycles. The van der Waals surface area contributed by atoms with Crippen LogP contribution in [0.1, 0.15) is 31.4 Å². The summed E-state index contributed by atoms with van der Waals surface area (Å²) >= 11 is 0. The molecule has 0 unspecified atom stereocenters. The zero-order valence-corrected chi connectivity index (χ0v) is 12.3. The lowest BCUT2D eigenvalue weighted by molar-refractivity contribution is 0.552. The Kier molecular flexibility index (Phi) is 4.76. The molecule has 18 heavy (non-hydrogen) atoms. The fourth-order valence-corrected chi connectivity index (χ4v) is 2.85. The molecule has 0 fully saturated rings. The molecule has 1 aromatic carbocycles. The second kappa shape index (κ2) is 5.71. The fraction of sp³-hybridized carbons (Fsp3) is 0.538. The quantitative estimate of drug-likeness (QED) is 0.806. The lowest BCUT2D eigenvalue weighted by Crippen LogP contribution is -2.26. The highest BCUT2D eigenvalue weighted by molar-refractivity contribution is 7.89. The predicted molar refractivity (Wildman–Crippen MR) is 75.0 cm³/mol. The lowest BCUT2D eigenvalue weighted by Gasteiger charge is -2.12. The molecule has 1 aromatic rings. The molecule has 0 aliphatic rings. The molecule has 1 rings (SSSR count). The summed E-state index contributed by atoms with van der Waals surface area (Å²) in [4.78, 5) is 0.175. The first-order valence-corrected chi connectivity index (χ1v) is 7.58. The van der Waals surface area contributed by atoms with Crippen molar-refractivity contribution in [3.8, 4) is 0 Å². The van der Waals surface area contributed by atoms with E-state index in [9.17, 15) is 8.42 Å². The van der Waals surface area contributed by atoms with Crippen molar-refractivity contribution in [2.75, 3.05) is 12.3 Å². The smallest absolute Gasteiger partial charge is 0.242 e. The molecule has 0 atom stereocenters. The molecule has 0 heterocycles. The second-order valence-electron chi connectivity index (χ2n) is 5.05. The summed E-state index contributed by atoms with van der Waals surface area (Å²) < 4.78 is 26.8. The number of aryl methyl sites for hydroxylation is 2. The van der Waals surface area contributed by atoms with Crippen molar-refractivity contribution in [3.05, 3.63) is 23.3 Å². The molecule has 0 bridgehead atoms. The Morgan fingerprint density at radius 1 is 1.22 bits per heavy atom. The van der Waals surface area contributed by atoms with Gasteiger partial charge in [-0.25, -0.2) is 13.1 Å². The van der Waals surface area contributed by atoms with Crippen molar-refractivity contribution in [1.29, 1.82) is 0 Å². The summed E-state index contributed by atoms with van der Waals surface area (Å²) in [6.45, 7) is 8.33. The van der Waals surface area contributed by atoms with E-state index in [2.05, 4.69) is 18.6 Å². The summed E-state index contributed by atoms with van der Waals surface area (Å²) in [6, 6.07) is 3.33.